The summed E-state index contributed by atoms with van der Waals surface area (Å²) in [6, 6.07) is 10.0. The van der Waals surface area contributed by atoms with Gasteiger partial charge in [0, 0.05) is 20.6 Å². The predicted octanol–water partition coefficient (Wildman–Crippen LogP) is 4.71. The van der Waals surface area contributed by atoms with E-state index in [9.17, 15) is 10.1 Å². The zero-order valence-electron chi connectivity index (χ0n) is 11.0. The Labute approximate surface area is 138 Å². The number of methoxy groups -OCH3 is 1. The number of nitro benzene ring substituents is 1. The predicted molar refractivity (Wildman–Crippen MR) is 85.8 cm³/mol. The zero-order valence-corrected chi connectivity index (χ0v) is 14.2. The number of hydrogen-bond donors (Lipinski definition) is 0. The smallest absolute Gasteiger partial charge is 0.274 e. The molecule has 5 nitrogen and oxygen atoms in total. The quantitative estimate of drug-likeness (QED) is 0.523. The van der Waals surface area contributed by atoms with E-state index in [1.807, 2.05) is 18.2 Å². The van der Waals surface area contributed by atoms with Crippen molar-refractivity contribution in [1.82, 2.24) is 0 Å². The first kappa shape index (κ1) is 15.8. The minimum absolute atomic E-state index is 0.0240. The lowest BCUT2D eigenvalue weighted by Crippen LogP contribution is -1.98. The maximum Gasteiger partial charge on any atom is 0.274 e. The highest BCUT2D eigenvalue weighted by Crippen LogP contribution is 2.28. The molecule has 0 aliphatic heterocycles. The molecule has 0 fully saturated rings. The van der Waals surface area contributed by atoms with Crippen LogP contribution in [-0.2, 0) is 6.61 Å². The Morgan fingerprint density at radius 1 is 1.14 bits per heavy atom. The molecule has 0 bridgehead atoms. The Hall–Kier alpha value is -1.60. The van der Waals surface area contributed by atoms with Crippen molar-refractivity contribution in [3.05, 3.63) is 61.0 Å². The van der Waals surface area contributed by atoms with Crippen LogP contribution in [0.1, 0.15) is 5.56 Å². The second-order valence-corrected chi connectivity index (χ2v) is 5.92. The summed E-state index contributed by atoms with van der Waals surface area (Å²) in [6.45, 7) is 0.269. The van der Waals surface area contributed by atoms with E-state index in [-0.39, 0.29) is 12.3 Å². The van der Waals surface area contributed by atoms with Gasteiger partial charge < -0.3 is 9.47 Å². The molecule has 0 spiro atoms. The van der Waals surface area contributed by atoms with E-state index in [4.69, 9.17) is 9.47 Å². The van der Waals surface area contributed by atoms with Crippen LogP contribution in [-0.4, -0.2) is 12.0 Å². The number of halogens is 2. The average molecular weight is 417 g/mol. The van der Waals surface area contributed by atoms with Gasteiger partial charge in [0.1, 0.15) is 18.1 Å². The zero-order chi connectivity index (χ0) is 15.4. The summed E-state index contributed by atoms with van der Waals surface area (Å²) in [5.41, 5.74) is 0.862. The molecular weight excluding hydrogens is 406 g/mol. The van der Waals surface area contributed by atoms with Crippen molar-refractivity contribution < 1.29 is 14.4 Å². The van der Waals surface area contributed by atoms with Gasteiger partial charge >= 0.3 is 0 Å². The summed E-state index contributed by atoms with van der Waals surface area (Å²) in [6.07, 6.45) is 0. The van der Waals surface area contributed by atoms with Gasteiger partial charge in [-0.2, -0.15) is 0 Å². The molecule has 0 amide bonds. The standard InChI is InChI=1S/C14H11Br2NO4/c1-20-12-2-3-14(16)9(4-12)8-21-13-6-10(15)5-11(7-13)17(18)19/h2-7H,8H2,1H3. The molecule has 2 rings (SSSR count). The monoisotopic (exact) mass is 415 g/mol. The molecule has 0 aliphatic carbocycles. The van der Waals surface area contributed by atoms with Crippen molar-refractivity contribution in [3.63, 3.8) is 0 Å². The molecule has 0 saturated carbocycles. The lowest BCUT2D eigenvalue weighted by Gasteiger charge is -2.10. The molecular formula is C14H11Br2NO4. The molecule has 0 N–H and O–H groups in total. The third-order valence-corrected chi connectivity index (χ3v) is 3.95. The molecule has 0 unspecified atom stereocenters. The largest absolute Gasteiger partial charge is 0.497 e. The second kappa shape index (κ2) is 6.91. The van der Waals surface area contributed by atoms with Gasteiger partial charge in [0.05, 0.1) is 18.1 Å². The number of ether oxygens (including phenoxy) is 2. The molecule has 0 aromatic heterocycles. The molecule has 0 atom stereocenters. The molecule has 7 heteroatoms. The third kappa shape index (κ3) is 4.18. The van der Waals surface area contributed by atoms with Crippen LogP contribution >= 0.6 is 31.9 Å². The lowest BCUT2D eigenvalue weighted by atomic mass is 10.2. The Morgan fingerprint density at radius 3 is 2.57 bits per heavy atom. The summed E-state index contributed by atoms with van der Waals surface area (Å²) in [4.78, 5) is 10.4. The highest BCUT2D eigenvalue weighted by atomic mass is 79.9. The SMILES string of the molecule is COc1ccc(Br)c(COc2cc(Br)cc([N+](=O)[O-])c2)c1. The summed E-state index contributed by atoms with van der Waals surface area (Å²) in [7, 11) is 1.59. The average Bonchev–Trinajstić information content (AvgIpc) is 2.46. The number of nitrogens with zero attached hydrogens (tertiary/aromatic N) is 1. The van der Waals surface area contributed by atoms with E-state index in [1.54, 1.807) is 13.2 Å². The highest BCUT2D eigenvalue weighted by molar-refractivity contribution is 9.10. The summed E-state index contributed by atoms with van der Waals surface area (Å²) in [5, 5.41) is 10.8. The van der Waals surface area contributed by atoms with Gasteiger partial charge in [0.15, 0.2) is 0 Å². The molecule has 110 valence electrons. The molecule has 0 aliphatic rings. The molecule has 0 radical (unpaired) electrons. The van der Waals surface area contributed by atoms with E-state index in [0.717, 1.165) is 15.8 Å². The van der Waals surface area contributed by atoms with Crippen LogP contribution in [0.5, 0.6) is 11.5 Å². The van der Waals surface area contributed by atoms with Crippen molar-refractivity contribution in [1.29, 1.82) is 0 Å². The lowest BCUT2D eigenvalue weighted by molar-refractivity contribution is -0.385. The molecule has 0 heterocycles. The van der Waals surface area contributed by atoms with E-state index in [1.165, 1.54) is 12.1 Å². The Kier molecular flexibility index (Phi) is 5.19. The fourth-order valence-electron chi connectivity index (χ4n) is 1.69. The first-order chi connectivity index (χ1) is 9.99. The number of non-ortho nitro benzene ring substituents is 1. The number of hydrogen-bond acceptors (Lipinski definition) is 4. The molecule has 0 saturated heterocycles. The first-order valence-corrected chi connectivity index (χ1v) is 7.48. The normalized spacial score (nSPS) is 10.2. The topological polar surface area (TPSA) is 61.6 Å². The second-order valence-electron chi connectivity index (χ2n) is 4.15. The van der Waals surface area contributed by atoms with Crippen LogP contribution in [0.15, 0.2) is 45.3 Å². The van der Waals surface area contributed by atoms with Gasteiger partial charge in [-0.3, -0.25) is 10.1 Å². The maximum absolute atomic E-state index is 10.8. The van der Waals surface area contributed by atoms with Gasteiger partial charge in [-0.05, 0) is 24.3 Å². The van der Waals surface area contributed by atoms with Gasteiger partial charge in [-0.25, -0.2) is 0 Å². The minimum Gasteiger partial charge on any atom is -0.497 e. The van der Waals surface area contributed by atoms with E-state index in [0.29, 0.717) is 10.2 Å². The van der Waals surface area contributed by atoms with E-state index < -0.39 is 4.92 Å². The number of benzene rings is 2. The van der Waals surface area contributed by atoms with Gasteiger partial charge in [-0.1, -0.05) is 31.9 Å². The number of nitro groups is 1. The summed E-state index contributed by atoms with van der Waals surface area (Å²) >= 11 is 6.66. The van der Waals surface area contributed by atoms with Crippen LogP contribution in [0.25, 0.3) is 0 Å². The van der Waals surface area contributed by atoms with Crippen LogP contribution in [0.4, 0.5) is 5.69 Å². The van der Waals surface area contributed by atoms with Crippen molar-refractivity contribution in [2.24, 2.45) is 0 Å². The van der Waals surface area contributed by atoms with Crippen molar-refractivity contribution in [3.8, 4) is 11.5 Å². The third-order valence-electron chi connectivity index (χ3n) is 2.71. The number of rotatable bonds is 5. The summed E-state index contributed by atoms with van der Waals surface area (Å²) in [5.74, 6) is 1.14. The van der Waals surface area contributed by atoms with Gasteiger partial charge in [-0.15, -0.1) is 0 Å². The Morgan fingerprint density at radius 2 is 1.90 bits per heavy atom. The highest BCUT2D eigenvalue weighted by Gasteiger charge is 2.10. The van der Waals surface area contributed by atoms with Crippen molar-refractivity contribution in [2.75, 3.05) is 7.11 Å². The Bertz CT molecular complexity index is 676. The van der Waals surface area contributed by atoms with Crippen molar-refractivity contribution in [2.45, 2.75) is 6.61 Å². The van der Waals surface area contributed by atoms with Crippen LogP contribution in [0.3, 0.4) is 0 Å². The van der Waals surface area contributed by atoms with Gasteiger partial charge in [0.2, 0.25) is 0 Å². The molecule has 21 heavy (non-hydrogen) atoms. The summed E-state index contributed by atoms with van der Waals surface area (Å²) < 4.78 is 12.3. The fraction of sp³-hybridized carbons (Fsp3) is 0.143. The van der Waals surface area contributed by atoms with Gasteiger partial charge in [0.25, 0.3) is 5.69 Å². The van der Waals surface area contributed by atoms with E-state index >= 15 is 0 Å². The molecule has 2 aromatic carbocycles. The van der Waals surface area contributed by atoms with Crippen LogP contribution in [0, 0.1) is 10.1 Å². The van der Waals surface area contributed by atoms with Crippen LogP contribution < -0.4 is 9.47 Å². The maximum atomic E-state index is 10.8. The van der Waals surface area contributed by atoms with Crippen LogP contribution in [0.2, 0.25) is 0 Å². The van der Waals surface area contributed by atoms with Crippen molar-refractivity contribution >= 4 is 37.5 Å². The Balaban J connectivity index is 2.18. The first-order valence-electron chi connectivity index (χ1n) is 5.90. The van der Waals surface area contributed by atoms with E-state index in [2.05, 4.69) is 31.9 Å². The minimum atomic E-state index is -0.459. The fourth-order valence-corrected chi connectivity index (χ4v) is 2.51. The molecule has 2 aromatic rings.